The summed E-state index contributed by atoms with van der Waals surface area (Å²) in [7, 11) is 0. The van der Waals surface area contributed by atoms with Gasteiger partial charge in [-0.25, -0.2) is 4.39 Å². The number of rotatable bonds is 1. The molecule has 0 N–H and O–H groups in total. The van der Waals surface area contributed by atoms with Crippen LogP contribution in [0, 0.1) is 5.82 Å². The Kier molecular flexibility index (Phi) is 2.82. The van der Waals surface area contributed by atoms with Crippen LogP contribution in [0.25, 0.3) is 5.69 Å². The Labute approximate surface area is 99.4 Å². The molecule has 78 valence electrons. The molecule has 0 aliphatic carbocycles. The molecule has 2 rings (SSSR count). The first-order valence-electron chi connectivity index (χ1n) is 3.80. The summed E-state index contributed by atoms with van der Waals surface area (Å²) in [6, 6.07) is 2.77. The van der Waals surface area contributed by atoms with E-state index in [1.807, 2.05) is 0 Å². The van der Waals surface area contributed by atoms with Crippen molar-refractivity contribution < 1.29 is 4.39 Å². The Balaban J connectivity index is 2.60. The molecule has 15 heavy (non-hydrogen) atoms. The summed E-state index contributed by atoms with van der Waals surface area (Å²) < 4.78 is 14.5. The monoisotopic (exact) mass is 265 g/mol. The van der Waals surface area contributed by atoms with Crippen LogP contribution in [-0.4, -0.2) is 14.8 Å². The third kappa shape index (κ3) is 1.93. The predicted octanol–water partition coefficient (Wildman–Crippen LogP) is 3.37. The molecule has 0 fully saturated rings. The SMILES string of the molecule is Fc1c(Cl)cc(-n2cnnc2Cl)cc1Cl. The van der Waals surface area contributed by atoms with Crippen LogP contribution in [0.4, 0.5) is 4.39 Å². The van der Waals surface area contributed by atoms with Gasteiger partial charge >= 0.3 is 0 Å². The molecular formula is C8H3Cl3FN3. The van der Waals surface area contributed by atoms with Gasteiger partial charge in [-0.3, -0.25) is 4.57 Å². The second kappa shape index (κ2) is 3.96. The quantitative estimate of drug-likeness (QED) is 0.741. The molecule has 3 nitrogen and oxygen atoms in total. The summed E-state index contributed by atoms with van der Waals surface area (Å²) in [5.74, 6) is -0.661. The van der Waals surface area contributed by atoms with Gasteiger partial charge in [0, 0.05) is 0 Å². The van der Waals surface area contributed by atoms with Crippen molar-refractivity contribution in [1.29, 1.82) is 0 Å². The van der Waals surface area contributed by atoms with E-state index in [0.29, 0.717) is 5.69 Å². The zero-order valence-electron chi connectivity index (χ0n) is 7.09. The second-order valence-corrected chi connectivity index (χ2v) is 3.85. The van der Waals surface area contributed by atoms with Crippen LogP contribution in [0.3, 0.4) is 0 Å². The molecule has 0 unspecified atom stereocenters. The van der Waals surface area contributed by atoms with E-state index in [0.717, 1.165) is 0 Å². The minimum atomic E-state index is -0.661. The smallest absolute Gasteiger partial charge is 0.229 e. The number of benzene rings is 1. The maximum Gasteiger partial charge on any atom is 0.229 e. The lowest BCUT2D eigenvalue weighted by molar-refractivity contribution is 0.628. The topological polar surface area (TPSA) is 30.7 Å². The van der Waals surface area contributed by atoms with E-state index in [2.05, 4.69) is 10.2 Å². The first-order valence-corrected chi connectivity index (χ1v) is 4.93. The third-order valence-electron chi connectivity index (χ3n) is 1.75. The summed E-state index contributed by atoms with van der Waals surface area (Å²) >= 11 is 17.0. The van der Waals surface area contributed by atoms with Gasteiger partial charge in [-0.1, -0.05) is 23.2 Å². The van der Waals surface area contributed by atoms with Gasteiger partial charge in [-0.2, -0.15) is 0 Å². The van der Waals surface area contributed by atoms with Crippen molar-refractivity contribution in [3.8, 4) is 5.69 Å². The normalized spacial score (nSPS) is 10.7. The van der Waals surface area contributed by atoms with Crippen LogP contribution in [-0.2, 0) is 0 Å². The molecule has 7 heteroatoms. The first-order chi connectivity index (χ1) is 7.09. The molecule has 0 aliphatic heterocycles. The molecule has 2 aromatic rings. The van der Waals surface area contributed by atoms with Crippen LogP contribution in [0.2, 0.25) is 15.3 Å². The average molecular weight is 266 g/mol. The van der Waals surface area contributed by atoms with E-state index in [-0.39, 0.29) is 15.3 Å². The van der Waals surface area contributed by atoms with Gasteiger partial charge in [0.15, 0.2) is 5.82 Å². The molecule has 0 aliphatic rings. The van der Waals surface area contributed by atoms with Gasteiger partial charge in [0.2, 0.25) is 5.28 Å². The van der Waals surface area contributed by atoms with Crippen molar-refractivity contribution in [3.05, 3.63) is 39.6 Å². The Bertz CT molecular complexity index is 489. The Morgan fingerprint density at radius 1 is 1.13 bits per heavy atom. The molecule has 0 amide bonds. The van der Waals surface area contributed by atoms with Gasteiger partial charge < -0.3 is 0 Å². The van der Waals surface area contributed by atoms with E-state index >= 15 is 0 Å². The highest BCUT2D eigenvalue weighted by Crippen LogP contribution is 2.27. The number of aromatic nitrogens is 3. The van der Waals surface area contributed by atoms with Crippen molar-refractivity contribution >= 4 is 34.8 Å². The standard InChI is InChI=1S/C8H3Cl3FN3/c9-5-1-4(2-6(10)7(5)12)15-3-13-14-8(15)11/h1-3H. The molecule has 0 atom stereocenters. The molecule has 1 heterocycles. The first kappa shape index (κ1) is 10.7. The lowest BCUT2D eigenvalue weighted by Crippen LogP contribution is -1.94. The van der Waals surface area contributed by atoms with Crippen LogP contribution in [0.5, 0.6) is 0 Å². The molecule has 0 radical (unpaired) electrons. The predicted molar refractivity (Wildman–Crippen MR) is 56.3 cm³/mol. The minimum Gasteiger partial charge on any atom is -0.272 e. The van der Waals surface area contributed by atoms with E-state index in [1.54, 1.807) is 0 Å². The van der Waals surface area contributed by atoms with Gasteiger partial charge in [-0.15, -0.1) is 10.2 Å². The maximum atomic E-state index is 13.1. The lowest BCUT2D eigenvalue weighted by Gasteiger charge is -2.05. The maximum absolute atomic E-state index is 13.1. The van der Waals surface area contributed by atoms with Crippen LogP contribution in [0.15, 0.2) is 18.5 Å². The van der Waals surface area contributed by atoms with Crippen molar-refractivity contribution in [3.63, 3.8) is 0 Å². The zero-order valence-corrected chi connectivity index (χ0v) is 9.35. The summed E-state index contributed by atoms with van der Waals surface area (Å²) in [4.78, 5) is 0. The van der Waals surface area contributed by atoms with Crippen molar-refractivity contribution in [2.75, 3.05) is 0 Å². The molecule has 0 saturated heterocycles. The average Bonchev–Trinajstić information content (AvgIpc) is 2.60. The van der Waals surface area contributed by atoms with E-state index < -0.39 is 5.82 Å². The van der Waals surface area contributed by atoms with Crippen molar-refractivity contribution in [2.24, 2.45) is 0 Å². The van der Waals surface area contributed by atoms with Crippen LogP contribution >= 0.6 is 34.8 Å². The second-order valence-electron chi connectivity index (χ2n) is 2.69. The van der Waals surface area contributed by atoms with Gasteiger partial charge in [0.25, 0.3) is 0 Å². The fourth-order valence-corrected chi connectivity index (χ4v) is 1.74. The third-order valence-corrected chi connectivity index (χ3v) is 2.56. The summed E-state index contributed by atoms with van der Waals surface area (Å²) in [6.45, 7) is 0. The fraction of sp³-hybridized carbons (Fsp3) is 0. The van der Waals surface area contributed by atoms with Gasteiger partial charge in [-0.05, 0) is 23.7 Å². The molecule has 0 bridgehead atoms. The number of halogens is 4. The van der Waals surface area contributed by atoms with Gasteiger partial charge in [0.1, 0.15) is 6.33 Å². The van der Waals surface area contributed by atoms with E-state index in [1.165, 1.54) is 23.0 Å². The highest BCUT2D eigenvalue weighted by atomic mass is 35.5. The fourth-order valence-electron chi connectivity index (χ4n) is 1.08. The van der Waals surface area contributed by atoms with Crippen LogP contribution in [0.1, 0.15) is 0 Å². The van der Waals surface area contributed by atoms with Crippen LogP contribution < -0.4 is 0 Å². The Morgan fingerprint density at radius 2 is 1.73 bits per heavy atom. The zero-order chi connectivity index (χ0) is 11.0. The summed E-state index contributed by atoms with van der Waals surface area (Å²) in [6.07, 6.45) is 1.38. The number of hydrogen-bond acceptors (Lipinski definition) is 2. The van der Waals surface area contributed by atoms with Gasteiger partial charge in [0.05, 0.1) is 15.7 Å². The molecule has 1 aromatic carbocycles. The number of hydrogen-bond donors (Lipinski definition) is 0. The lowest BCUT2D eigenvalue weighted by atomic mass is 10.3. The molecule has 0 saturated carbocycles. The molecular weight excluding hydrogens is 263 g/mol. The molecule has 0 spiro atoms. The minimum absolute atomic E-state index is 0.0812. The molecule has 1 aromatic heterocycles. The number of nitrogens with zero attached hydrogens (tertiary/aromatic N) is 3. The summed E-state index contributed by atoms with van der Waals surface area (Å²) in [5, 5.41) is 7.14. The van der Waals surface area contributed by atoms with E-state index in [4.69, 9.17) is 34.8 Å². The van der Waals surface area contributed by atoms with Crippen molar-refractivity contribution in [2.45, 2.75) is 0 Å². The van der Waals surface area contributed by atoms with Crippen molar-refractivity contribution in [1.82, 2.24) is 14.8 Å². The van der Waals surface area contributed by atoms with E-state index in [9.17, 15) is 4.39 Å². The largest absolute Gasteiger partial charge is 0.272 e. The Morgan fingerprint density at radius 3 is 2.20 bits per heavy atom. The summed E-state index contributed by atoms with van der Waals surface area (Å²) in [5.41, 5.74) is 0.501. The Hall–Kier alpha value is -0.840. The highest BCUT2D eigenvalue weighted by Gasteiger charge is 2.10. The highest BCUT2D eigenvalue weighted by molar-refractivity contribution is 6.35.